The Morgan fingerprint density at radius 3 is 2.28 bits per heavy atom. The number of ether oxygens (including phenoxy) is 2. The van der Waals surface area contributed by atoms with E-state index in [2.05, 4.69) is 27.0 Å². The quantitative estimate of drug-likeness (QED) is 0.0171. The minimum Gasteiger partial charge on any atom is -0.496 e. The molecular formula is C49H54N8O9S2. The van der Waals surface area contributed by atoms with Crippen LogP contribution in [-0.2, 0) is 51.3 Å². The molecular weight excluding hydrogens is 909 g/mol. The molecule has 1 aliphatic rings. The van der Waals surface area contributed by atoms with Gasteiger partial charge in [-0.3, -0.25) is 39.1 Å². The van der Waals surface area contributed by atoms with Gasteiger partial charge in [0.05, 0.1) is 31.4 Å². The number of ketones is 1. The Kier molecular flexibility index (Phi) is 20.6. The van der Waals surface area contributed by atoms with Crippen molar-refractivity contribution in [2.75, 3.05) is 51.0 Å². The third kappa shape index (κ3) is 16.4. The number of nitriles is 1. The number of esters is 1. The fraction of sp³-hybridized carbons (Fsp3) is 0.347. The first-order chi connectivity index (χ1) is 32.8. The van der Waals surface area contributed by atoms with Gasteiger partial charge in [0.25, 0.3) is 11.8 Å². The number of carbonyl (C=O) groups is 7. The van der Waals surface area contributed by atoms with Crippen LogP contribution in [0.1, 0.15) is 68.2 Å². The lowest BCUT2D eigenvalue weighted by atomic mass is 10.0. The van der Waals surface area contributed by atoms with Crippen LogP contribution in [0.5, 0.6) is 5.75 Å². The summed E-state index contributed by atoms with van der Waals surface area (Å²) in [6.45, 7) is 0.435. The number of Topliss-reactive ketones (excluding diaryl/α,β-unsaturated/α-hetero) is 1. The number of rotatable bonds is 28. The molecule has 0 saturated heterocycles. The summed E-state index contributed by atoms with van der Waals surface area (Å²) in [6.07, 6.45) is 5.64. The lowest BCUT2D eigenvalue weighted by Gasteiger charge is -2.23. The maximum Gasteiger partial charge on any atom is 0.352 e. The summed E-state index contributed by atoms with van der Waals surface area (Å²) in [4.78, 5) is 93.1. The fourth-order valence-corrected chi connectivity index (χ4v) is 8.96. The van der Waals surface area contributed by atoms with Gasteiger partial charge in [0.2, 0.25) is 17.7 Å². The summed E-state index contributed by atoms with van der Waals surface area (Å²) >= 11 is 0. The van der Waals surface area contributed by atoms with Gasteiger partial charge in [0, 0.05) is 85.3 Å². The highest BCUT2D eigenvalue weighted by atomic mass is 33.1. The van der Waals surface area contributed by atoms with E-state index in [0.717, 1.165) is 37.9 Å². The zero-order valence-electron chi connectivity index (χ0n) is 38.0. The highest BCUT2D eigenvalue weighted by Gasteiger charge is 2.22. The van der Waals surface area contributed by atoms with Gasteiger partial charge in [0.15, 0.2) is 5.78 Å². The summed E-state index contributed by atoms with van der Waals surface area (Å²) in [5.41, 5.74) is 3.68. The molecule has 68 heavy (non-hydrogen) atoms. The second-order valence-corrected chi connectivity index (χ2v) is 18.1. The first kappa shape index (κ1) is 51.9. The molecule has 0 spiro atoms. The van der Waals surface area contributed by atoms with Crippen molar-refractivity contribution >= 4 is 90.9 Å². The number of fused-ring (bicyclic) bond motifs is 1. The topological polar surface area (TPSA) is 241 Å². The van der Waals surface area contributed by atoms with E-state index in [1.165, 1.54) is 19.3 Å². The van der Waals surface area contributed by atoms with E-state index in [-0.39, 0.29) is 98.5 Å². The number of anilines is 2. The van der Waals surface area contributed by atoms with Crippen LogP contribution in [-0.4, -0.2) is 103 Å². The van der Waals surface area contributed by atoms with E-state index >= 15 is 0 Å². The van der Waals surface area contributed by atoms with Gasteiger partial charge < -0.3 is 30.3 Å². The van der Waals surface area contributed by atoms with Crippen LogP contribution in [0.4, 0.5) is 11.4 Å². The molecule has 0 radical (unpaired) electrons. The molecule has 5 amide bonds. The maximum absolute atomic E-state index is 12.9. The zero-order chi connectivity index (χ0) is 48.8. The molecule has 5 rings (SSSR count). The third-order valence-corrected chi connectivity index (χ3v) is 13.1. The van der Waals surface area contributed by atoms with E-state index in [0.29, 0.717) is 55.6 Å². The molecule has 0 fully saturated rings. The van der Waals surface area contributed by atoms with Gasteiger partial charge >= 0.3 is 5.97 Å². The van der Waals surface area contributed by atoms with Crippen LogP contribution < -0.4 is 25.6 Å². The van der Waals surface area contributed by atoms with Crippen molar-refractivity contribution in [3.63, 3.8) is 0 Å². The average Bonchev–Trinajstić information content (AvgIpc) is 3.67. The number of nitrogens with zero attached hydrogens (tertiary/aromatic N) is 4. The van der Waals surface area contributed by atoms with Crippen molar-refractivity contribution in [2.45, 2.75) is 69.3 Å². The minimum absolute atomic E-state index is 0.00418. The number of carbonyl (C=O) groups excluding carboxylic acids is 7. The van der Waals surface area contributed by atoms with Crippen molar-refractivity contribution in [2.24, 2.45) is 0 Å². The van der Waals surface area contributed by atoms with Crippen LogP contribution in [0.2, 0.25) is 0 Å². The summed E-state index contributed by atoms with van der Waals surface area (Å²) in [5, 5.41) is 26.9. The Hall–Kier alpha value is -7.04. The number of hydrogen-bond acceptors (Lipinski definition) is 15. The maximum atomic E-state index is 12.9. The molecule has 17 nitrogen and oxygen atoms in total. The smallest absolute Gasteiger partial charge is 0.352 e. The molecule has 0 aliphatic carbocycles. The van der Waals surface area contributed by atoms with Crippen molar-refractivity contribution in [3.8, 4) is 11.8 Å². The minimum atomic E-state index is -0.744. The average molecular weight is 963 g/mol. The molecule has 1 aromatic heterocycles. The number of imide groups is 1. The first-order valence-electron chi connectivity index (χ1n) is 22.0. The van der Waals surface area contributed by atoms with Gasteiger partial charge in [-0.15, -0.1) is 0 Å². The summed E-state index contributed by atoms with van der Waals surface area (Å²) in [6, 6.07) is 24.4. The Balaban J connectivity index is 0.893. The lowest BCUT2D eigenvalue weighted by molar-refractivity contribution is -0.138. The number of benzene rings is 3. The number of hydrogen-bond donors (Lipinski definition) is 4. The van der Waals surface area contributed by atoms with Gasteiger partial charge in [-0.1, -0.05) is 58.3 Å². The Morgan fingerprint density at radius 1 is 0.824 bits per heavy atom. The normalized spacial score (nSPS) is 11.8. The number of aromatic nitrogens is 1. The van der Waals surface area contributed by atoms with Crippen LogP contribution in [0, 0.1) is 16.7 Å². The van der Waals surface area contributed by atoms with Gasteiger partial charge in [-0.25, -0.2) is 9.78 Å². The third-order valence-electron chi connectivity index (χ3n) is 10.6. The van der Waals surface area contributed by atoms with Crippen LogP contribution in [0.25, 0.3) is 10.9 Å². The molecule has 1 aliphatic heterocycles. The van der Waals surface area contributed by atoms with Crippen molar-refractivity contribution < 1.29 is 43.0 Å². The highest BCUT2D eigenvalue weighted by Crippen LogP contribution is 2.34. The van der Waals surface area contributed by atoms with E-state index < -0.39 is 5.97 Å². The van der Waals surface area contributed by atoms with E-state index in [9.17, 15) is 38.8 Å². The standard InChI is InChI=1S/C49H54N8O9S2/c1-56(42-28-35(29-50)55-41-12-6-5-11-39(41)42)36-17-20-43(65-2)34(26-36)27-40(51)49(64)66-32-33-15-18-38(19-16-33)68-67-25-9-23-52-46(61)31-54-45(60)14-8-10-37(58)30-53-44(59)13-4-3-7-24-57-47(62)21-22-48(57)63/h5-6,11-12,15-22,26,28,51H,3-4,7-10,13-14,23-25,27,30-32H2,1-2H3,(H,52,61)(H,53,59)(H,54,60). The van der Waals surface area contributed by atoms with E-state index in [1.807, 2.05) is 72.6 Å². The predicted molar refractivity (Wildman–Crippen MR) is 260 cm³/mol. The van der Waals surface area contributed by atoms with Gasteiger partial charge in [-0.2, -0.15) is 5.26 Å². The van der Waals surface area contributed by atoms with Crippen LogP contribution in [0.3, 0.4) is 0 Å². The molecule has 0 saturated carbocycles. The second kappa shape index (κ2) is 26.9. The van der Waals surface area contributed by atoms with Gasteiger partial charge in [0.1, 0.15) is 29.8 Å². The van der Waals surface area contributed by atoms with Crippen molar-refractivity contribution in [1.29, 1.82) is 10.7 Å². The molecule has 4 N–H and O–H groups in total. The fourth-order valence-electron chi connectivity index (χ4n) is 6.88. The number of unbranched alkanes of at least 4 members (excludes halogenated alkanes) is 2. The molecule has 4 aromatic rings. The molecule has 0 atom stereocenters. The zero-order valence-corrected chi connectivity index (χ0v) is 39.6. The van der Waals surface area contributed by atoms with E-state index in [1.54, 1.807) is 33.7 Å². The first-order valence-corrected chi connectivity index (χ1v) is 24.4. The second-order valence-electron chi connectivity index (χ2n) is 15.6. The number of methoxy groups -OCH3 is 1. The Morgan fingerprint density at radius 2 is 1.54 bits per heavy atom. The van der Waals surface area contributed by atoms with Crippen LogP contribution in [0.15, 0.2) is 89.8 Å². The monoisotopic (exact) mass is 962 g/mol. The Bertz CT molecular complexity index is 2550. The van der Waals surface area contributed by atoms with Crippen molar-refractivity contribution in [1.82, 2.24) is 25.8 Å². The largest absolute Gasteiger partial charge is 0.496 e. The highest BCUT2D eigenvalue weighted by molar-refractivity contribution is 8.76. The number of pyridine rings is 1. The van der Waals surface area contributed by atoms with E-state index in [4.69, 9.17) is 14.9 Å². The van der Waals surface area contributed by atoms with Gasteiger partial charge in [-0.05, 0) is 73.7 Å². The van der Waals surface area contributed by atoms with Crippen molar-refractivity contribution in [3.05, 3.63) is 102 Å². The molecule has 19 heteroatoms. The molecule has 0 bridgehead atoms. The molecule has 0 unspecified atom stereocenters. The molecule has 3 aromatic carbocycles. The number of para-hydroxylation sites is 1. The number of amides is 5. The van der Waals surface area contributed by atoms with Crippen LogP contribution >= 0.6 is 21.6 Å². The predicted octanol–water partition coefficient (Wildman–Crippen LogP) is 5.89. The Labute approximate surface area is 402 Å². The summed E-state index contributed by atoms with van der Waals surface area (Å²) in [5.74, 6) is -1.27. The molecule has 2 heterocycles. The summed E-state index contributed by atoms with van der Waals surface area (Å²) in [7, 11) is 6.59. The number of nitrogens with one attached hydrogen (secondary N) is 4. The molecule has 356 valence electrons. The SMILES string of the molecule is COc1ccc(N(C)c2cc(C#N)nc3ccccc23)cc1CC(=N)C(=O)OCc1ccc(SSCCCNC(=O)CNC(=O)CCCC(=O)CNC(=O)CCCCCN2C(=O)C=CC2=O)cc1. The lowest BCUT2D eigenvalue weighted by Crippen LogP contribution is -2.37. The summed E-state index contributed by atoms with van der Waals surface area (Å²) < 4.78 is 11.0.